The van der Waals surface area contributed by atoms with E-state index in [2.05, 4.69) is 92.1 Å². The summed E-state index contributed by atoms with van der Waals surface area (Å²) in [7, 11) is 0. The second-order valence-corrected chi connectivity index (χ2v) is 25.3. The Labute approximate surface area is 541 Å². The summed E-state index contributed by atoms with van der Waals surface area (Å²) < 4.78 is 22.9. The zero-order valence-electron chi connectivity index (χ0n) is 56.2. The van der Waals surface area contributed by atoms with E-state index in [0.717, 1.165) is 64.2 Å². The number of carbonyl (C=O) groups is 1. The Kier molecular flexibility index (Phi) is 54.5. The Morgan fingerprint density at radius 1 is 0.416 bits per heavy atom. The summed E-state index contributed by atoms with van der Waals surface area (Å²) in [6.07, 6.45) is 65.0. The van der Waals surface area contributed by atoms with Crippen LogP contribution in [-0.4, -0.2) is 140 Å². The lowest BCUT2D eigenvalue weighted by Gasteiger charge is -2.46. The van der Waals surface area contributed by atoms with Crippen LogP contribution in [0.5, 0.6) is 0 Å². The van der Waals surface area contributed by atoms with E-state index >= 15 is 0 Å². The maximum Gasteiger partial charge on any atom is 0.220 e. The Balaban J connectivity index is 1.66. The smallest absolute Gasteiger partial charge is 0.220 e. The van der Waals surface area contributed by atoms with Crippen molar-refractivity contribution >= 4 is 5.91 Å². The van der Waals surface area contributed by atoms with Gasteiger partial charge in [0.1, 0.15) is 48.8 Å². The lowest BCUT2D eigenvalue weighted by atomic mass is 9.97. The summed E-state index contributed by atoms with van der Waals surface area (Å²) in [6.45, 7) is 2.70. The van der Waals surface area contributed by atoms with E-state index in [9.17, 15) is 45.6 Å². The van der Waals surface area contributed by atoms with Crippen molar-refractivity contribution < 1.29 is 64.6 Å². The number of hydrogen-bond acceptors (Lipinski definition) is 13. The van der Waals surface area contributed by atoms with E-state index in [4.69, 9.17) is 18.9 Å². The van der Waals surface area contributed by atoms with E-state index in [1.807, 2.05) is 6.08 Å². The third-order valence-electron chi connectivity index (χ3n) is 17.3. The molecule has 2 heterocycles. The van der Waals surface area contributed by atoms with Gasteiger partial charge in [0, 0.05) is 6.42 Å². The van der Waals surface area contributed by atoms with Gasteiger partial charge in [0.15, 0.2) is 12.6 Å². The third kappa shape index (κ3) is 42.9. The first-order valence-electron chi connectivity index (χ1n) is 36.3. The highest BCUT2D eigenvalue weighted by Crippen LogP contribution is 2.30. The van der Waals surface area contributed by atoms with Crippen molar-refractivity contribution in [3.63, 3.8) is 0 Å². The number of nitrogens with one attached hydrogen (secondary N) is 1. The molecule has 0 aliphatic carbocycles. The van der Waals surface area contributed by atoms with Crippen LogP contribution in [0.25, 0.3) is 0 Å². The van der Waals surface area contributed by atoms with Crippen LogP contribution in [0, 0.1) is 0 Å². The fourth-order valence-electron chi connectivity index (χ4n) is 11.6. The van der Waals surface area contributed by atoms with Gasteiger partial charge in [-0.15, -0.1) is 0 Å². The van der Waals surface area contributed by atoms with Crippen molar-refractivity contribution in [3.05, 3.63) is 85.1 Å². The number of hydrogen-bond donors (Lipinski definition) is 9. The summed E-state index contributed by atoms with van der Waals surface area (Å²) in [6, 6.07) is -0.936. The van der Waals surface area contributed by atoms with Gasteiger partial charge in [-0.1, -0.05) is 292 Å². The topological polar surface area (TPSA) is 228 Å². The van der Waals surface area contributed by atoms with Crippen LogP contribution >= 0.6 is 0 Å². The lowest BCUT2D eigenvalue weighted by Crippen LogP contribution is -2.65. The summed E-state index contributed by atoms with van der Waals surface area (Å²) in [5.41, 5.74) is 0. The highest BCUT2D eigenvalue weighted by Gasteiger charge is 2.51. The molecule has 14 heteroatoms. The molecule has 0 aromatic carbocycles. The zero-order valence-corrected chi connectivity index (χ0v) is 56.2. The number of allylic oxidation sites excluding steroid dienone is 13. The largest absolute Gasteiger partial charge is 0.394 e. The number of unbranched alkanes of at least 4 members (excludes halogenated alkanes) is 34. The van der Waals surface area contributed by atoms with Crippen LogP contribution in [0.1, 0.15) is 290 Å². The minimum absolute atomic E-state index is 0.248. The van der Waals surface area contributed by atoms with Gasteiger partial charge >= 0.3 is 0 Å². The molecule has 0 saturated carbocycles. The molecule has 0 aromatic rings. The number of amides is 1. The van der Waals surface area contributed by atoms with Gasteiger partial charge in [-0.25, -0.2) is 0 Å². The highest BCUT2D eigenvalue weighted by atomic mass is 16.7. The molecular formula is C75H133NO13. The Hall–Kier alpha value is -2.83. The molecule has 89 heavy (non-hydrogen) atoms. The molecular weight excluding hydrogens is 1120 g/mol. The summed E-state index contributed by atoms with van der Waals surface area (Å²) in [4.78, 5) is 13.3. The van der Waals surface area contributed by atoms with Crippen molar-refractivity contribution in [2.75, 3.05) is 19.8 Å². The Bertz CT molecular complexity index is 1820. The first kappa shape index (κ1) is 82.3. The number of rotatable bonds is 59. The standard InChI is InChI=1S/C75H133NO13/c1-3-5-7-9-11-13-15-17-19-21-23-25-27-28-29-30-31-32-33-34-35-36-37-39-41-43-45-47-49-51-53-55-57-59-67(80)76-63(62-86-74-72(85)70(83)73(66(61-78)88-74)89-75-71(84)69(82)68(81)65(60-77)87-75)64(79)58-56-54-52-50-48-46-44-42-40-38-26-24-22-20-18-16-14-12-10-8-6-4-2/h5,7,11,13,17,19,23,25,28-29,48,50,56,58,63-66,68-75,77-79,81-85H,3-4,6,8-10,12,14-16,18,20-22,24,26-27,30-47,49,51-55,57,59-62H2,1-2H3,(H,76,80)/b7-5-,13-11-,19-17-,25-23-,29-28-,50-48+,58-56+. The Morgan fingerprint density at radius 3 is 1.24 bits per heavy atom. The molecule has 2 rings (SSSR count). The highest BCUT2D eigenvalue weighted by molar-refractivity contribution is 5.76. The van der Waals surface area contributed by atoms with Gasteiger partial charge in [-0.2, -0.15) is 0 Å². The van der Waals surface area contributed by atoms with E-state index in [0.29, 0.717) is 12.8 Å². The van der Waals surface area contributed by atoms with Gasteiger partial charge in [-0.05, 0) is 77.0 Å². The molecule has 9 N–H and O–H groups in total. The SMILES string of the molecule is CC/C=C\C/C=C\C/C=C\C/C=C\C/C=C\CCCCCCCCCCCCCCCCCCCC(=O)NC(COC1OC(CO)C(OC2OC(CO)C(O)C(O)C2O)C(O)C1O)C(O)/C=C/CC/C=C/CCCCCCCCCCCCCCCCCC. The number of aliphatic hydroxyl groups excluding tert-OH is 8. The molecule has 14 nitrogen and oxygen atoms in total. The monoisotopic (exact) mass is 1260 g/mol. The molecule has 0 bridgehead atoms. The summed E-state index contributed by atoms with van der Waals surface area (Å²) in [5, 5.41) is 87.5. The zero-order chi connectivity index (χ0) is 64.5. The number of aliphatic hydroxyl groups is 8. The summed E-state index contributed by atoms with van der Waals surface area (Å²) in [5.74, 6) is -0.248. The van der Waals surface area contributed by atoms with E-state index in [1.165, 1.54) is 193 Å². The van der Waals surface area contributed by atoms with E-state index < -0.39 is 86.8 Å². The molecule has 2 aliphatic heterocycles. The molecule has 12 atom stereocenters. The third-order valence-corrected chi connectivity index (χ3v) is 17.3. The second-order valence-electron chi connectivity index (χ2n) is 25.3. The van der Waals surface area contributed by atoms with E-state index in [-0.39, 0.29) is 18.9 Å². The molecule has 1 amide bonds. The van der Waals surface area contributed by atoms with Crippen LogP contribution in [0.15, 0.2) is 85.1 Å². The minimum Gasteiger partial charge on any atom is -0.394 e. The van der Waals surface area contributed by atoms with Gasteiger partial charge < -0.3 is 65.1 Å². The second kappa shape index (κ2) is 59.0. The molecule has 516 valence electrons. The van der Waals surface area contributed by atoms with Gasteiger partial charge in [0.05, 0.1) is 32.0 Å². The maximum atomic E-state index is 13.3. The minimum atomic E-state index is -1.79. The van der Waals surface area contributed by atoms with Gasteiger partial charge in [0.25, 0.3) is 0 Å². The van der Waals surface area contributed by atoms with Crippen LogP contribution < -0.4 is 5.32 Å². The maximum absolute atomic E-state index is 13.3. The van der Waals surface area contributed by atoms with Gasteiger partial charge in [0.2, 0.25) is 5.91 Å². The van der Waals surface area contributed by atoms with Crippen molar-refractivity contribution in [2.45, 2.75) is 364 Å². The Morgan fingerprint density at radius 2 is 0.787 bits per heavy atom. The predicted molar refractivity (Wildman–Crippen MR) is 364 cm³/mol. The predicted octanol–water partition coefficient (Wildman–Crippen LogP) is 15.2. The molecule has 2 saturated heterocycles. The number of ether oxygens (including phenoxy) is 4. The van der Waals surface area contributed by atoms with Crippen LogP contribution in [0.3, 0.4) is 0 Å². The number of carbonyl (C=O) groups excluding carboxylic acids is 1. The van der Waals surface area contributed by atoms with Crippen molar-refractivity contribution in [1.82, 2.24) is 5.32 Å². The summed E-state index contributed by atoms with van der Waals surface area (Å²) >= 11 is 0. The quantitative estimate of drug-likeness (QED) is 0.0204. The first-order chi connectivity index (χ1) is 43.6. The van der Waals surface area contributed by atoms with Crippen LogP contribution in [0.4, 0.5) is 0 Å². The van der Waals surface area contributed by atoms with Crippen LogP contribution in [-0.2, 0) is 23.7 Å². The van der Waals surface area contributed by atoms with Crippen molar-refractivity contribution in [3.8, 4) is 0 Å². The normalized spacial score (nSPS) is 23.5. The molecule has 2 fully saturated rings. The lowest BCUT2D eigenvalue weighted by molar-refractivity contribution is -0.359. The molecule has 0 radical (unpaired) electrons. The first-order valence-corrected chi connectivity index (χ1v) is 36.3. The van der Waals surface area contributed by atoms with Gasteiger partial charge in [-0.3, -0.25) is 4.79 Å². The average Bonchev–Trinajstić information content (AvgIpc) is 2.75. The molecule has 0 aromatic heterocycles. The molecule has 2 aliphatic rings. The fourth-order valence-corrected chi connectivity index (χ4v) is 11.6. The van der Waals surface area contributed by atoms with Crippen molar-refractivity contribution in [1.29, 1.82) is 0 Å². The van der Waals surface area contributed by atoms with E-state index in [1.54, 1.807) is 6.08 Å². The fraction of sp³-hybridized carbons (Fsp3) is 0.800. The molecule has 0 spiro atoms. The molecule has 12 unspecified atom stereocenters. The average molecular weight is 1260 g/mol. The van der Waals surface area contributed by atoms with Crippen LogP contribution in [0.2, 0.25) is 0 Å². The van der Waals surface area contributed by atoms with Crippen molar-refractivity contribution in [2.24, 2.45) is 0 Å².